The molecule has 0 radical (unpaired) electrons. The highest BCUT2D eigenvalue weighted by Gasteiger charge is 2.05. The van der Waals surface area contributed by atoms with Crippen LogP contribution >= 0.6 is 11.8 Å². The molecule has 0 atom stereocenters. The first-order valence-corrected chi connectivity index (χ1v) is 6.63. The largest absolute Gasteiger partial charge is 0.361 e. The average Bonchev–Trinajstić information content (AvgIpc) is 2.69. The summed E-state index contributed by atoms with van der Waals surface area (Å²) in [6.07, 6.45) is 3.06. The molecule has 0 fully saturated rings. The van der Waals surface area contributed by atoms with E-state index in [1.807, 2.05) is 12.1 Å². The predicted molar refractivity (Wildman–Crippen MR) is 72.4 cm³/mol. The maximum Gasteiger partial charge on any atom is 0.139 e. The van der Waals surface area contributed by atoms with Gasteiger partial charge in [0.05, 0.1) is 0 Å². The van der Waals surface area contributed by atoms with Crippen molar-refractivity contribution in [3.05, 3.63) is 30.0 Å². The third kappa shape index (κ3) is 3.01. The van der Waals surface area contributed by atoms with Crippen LogP contribution in [0.3, 0.4) is 0 Å². The highest BCUT2D eigenvalue weighted by molar-refractivity contribution is 7.99. The van der Waals surface area contributed by atoms with E-state index in [1.54, 1.807) is 0 Å². The lowest BCUT2D eigenvalue weighted by Crippen LogP contribution is -2.14. The molecule has 0 aliphatic carbocycles. The van der Waals surface area contributed by atoms with E-state index in [0.29, 0.717) is 0 Å². The molecule has 0 amide bonds. The van der Waals surface area contributed by atoms with Crippen LogP contribution in [-0.4, -0.2) is 36.5 Å². The first-order chi connectivity index (χ1) is 8.20. The number of nitrogens with zero attached hydrogens (tertiary/aromatic N) is 1. The molecule has 92 valence electrons. The molecule has 2 rings (SSSR count). The Kier molecular flexibility index (Phi) is 4.07. The molecular formula is C13H17FN2S. The number of halogens is 1. The van der Waals surface area contributed by atoms with Crippen LogP contribution in [0.5, 0.6) is 0 Å². The van der Waals surface area contributed by atoms with E-state index >= 15 is 0 Å². The van der Waals surface area contributed by atoms with Crippen molar-refractivity contribution in [2.75, 3.05) is 26.6 Å². The fourth-order valence-corrected chi connectivity index (χ4v) is 2.35. The van der Waals surface area contributed by atoms with Crippen molar-refractivity contribution in [2.24, 2.45) is 0 Å². The van der Waals surface area contributed by atoms with E-state index in [2.05, 4.69) is 36.2 Å². The third-order valence-corrected chi connectivity index (χ3v) is 3.48. The number of H-pyrrole nitrogens is 1. The zero-order valence-electron chi connectivity index (χ0n) is 10.2. The molecule has 17 heavy (non-hydrogen) atoms. The van der Waals surface area contributed by atoms with Crippen molar-refractivity contribution >= 4 is 22.7 Å². The number of likely N-dealkylation sites (N-methyl/N-ethyl adjacent to an activating group) is 1. The summed E-state index contributed by atoms with van der Waals surface area (Å²) in [6.45, 7) is 1.02. The van der Waals surface area contributed by atoms with E-state index in [9.17, 15) is 4.39 Å². The minimum absolute atomic E-state index is 0.372. The van der Waals surface area contributed by atoms with Gasteiger partial charge in [-0.05, 0) is 44.3 Å². The maximum absolute atomic E-state index is 12.3. The zero-order valence-corrected chi connectivity index (χ0v) is 11.0. The second-order valence-corrected chi connectivity index (χ2v) is 5.31. The topological polar surface area (TPSA) is 19.0 Å². The Morgan fingerprint density at radius 1 is 1.35 bits per heavy atom. The van der Waals surface area contributed by atoms with Gasteiger partial charge in [0, 0.05) is 28.5 Å². The molecular weight excluding hydrogens is 235 g/mol. The quantitative estimate of drug-likeness (QED) is 0.823. The molecule has 1 aromatic heterocycles. The van der Waals surface area contributed by atoms with Gasteiger partial charge in [0.15, 0.2) is 0 Å². The van der Waals surface area contributed by atoms with Gasteiger partial charge in [-0.15, -0.1) is 0 Å². The van der Waals surface area contributed by atoms with E-state index in [1.165, 1.54) is 22.7 Å². The third-order valence-electron chi connectivity index (χ3n) is 2.79. The molecule has 2 aromatic rings. The number of benzene rings is 1. The highest BCUT2D eigenvalue weighted by Crippen LogP contribution is 2.26. The van der Waals surface area contributed by atoms with E-state index in [4.69, 9.17) is 0 Å². The second kappa shape index (κ2) is 5.56. The van der Waals surface area contributed by atoms with Crippen LogP contribution < -0.4 is 0 Å². The van der Waals surface area contributed by atoms with E-state index in [0.717, 1.165) is 23.4 Å². The number of hydrogen-bond donors (Lipinski definition) is 1. The molecule has 1 aromatic carbocycles. The van der Waals surface area contributed by atoms with Crippen LogP contribution in [0.25, 0.3) is 10.9 Å². The standard InChI is InChI=1S/C13H17FN2S/c1-16(2)6-5-10-8-15-13-4-3-11(17-9-14)7-12(10)13/h3-4,7-8,15H,5-6,9H2,1-2H3. The number of nitrogens with one attached hydrogen (secondary N) is 1. The Bertz CT molecular complexity index is 493. The van der Waals surface area contributed by atoms with E-state index < -0.39 is 0 Å². The minimum atomic E-state index is -0.372. The Balaban J connectivity index is 2.26. The molecule has 1 N–H and O–H groups in total. The van der Waals surface area contributed by atoms with Gasteiger partial charge in [0.25, 0.3) is 0 Å². The summed E-state index contributed by atoms with van der Waals surface area (Å²) in [7, 11) is 4.14. The predicted octanol–water partition coefficient (Wildman–Crippen LogP) is 3.29. The van der Waals surface area contributed by atoms with Crippen LogP contribution in [0, 0.1) is 0 Å². The Morgan fingerprint density at radius 2 is 2.18 bits per heavy atom. The fourth-order valence-electron chi connectivity index (χ4n) is 1.86. The monoisotopic (exact) mass is 252 g/mol. The summed E-state index contributed by atoms with van der Waals surface area (Å²) in [5.74, 6) is 0. The number of thioether (sulfide) groups is 1. The van der Waals surface area contributed by atoms with E-state index in [-0.39, 0.29) is 6.01 Å². The lowest BCUT2D eigenvalue weighted by Gasteiger charge is -2.08. The Morgan fingerprint density at radius 3 is 2.88 bits per heavy atom. The molecule has 0 saturated carbocycles. The number of rotatable bonds is 5. The van der Waals surface area contributed by atoms with Crippen molar-refractivity contribution in [3.8, 4) is 0 Å². The number of aromatic amines is 1. The van der Waals surface area contributed by atoms with Gasteiger partial charge in [-0.25, -0.2) is 4.39 Å². The zero-order chi connectivity index (χ0) is 12.3. The summed E-state index contributed by atoms with van der Waals surface area (Å²) in [6, 6.07) is 5.68. The first-order valence-electron chi connectivity index (χ1n) is 5.64. The Labute approximate surface area is 105 Å². The van der Waals surface area contributed by atoms with Crippen LogP contribution in [0.4, 0.5) is 4.39 Å². The van der Waals surface area contributed by atoms with Gasteiger partial charge >= 0.3 is 0 Å². The molecule has 0 spiro atoms. The number of hydrogen-bond acceptors (Lipinski definition) is 2. The van der Waals surface area contributed by atoms with Crippen LogP contribution in [0.15, 0.2) is 29.3 Å². The summed E-state index contributed by atoms with van der Waals surface area (Å²) in [5.41, 5.74) is 2.43. The average molecular weight is 252 g/mol. The fraction of sp³-hybridized carbons (Fsp3) is 0.385. The van der Waals surface area contributed by atoms with Gasteiger partial charge in [-0.1, -0.05) is 11.8 Å². The lowest BCUT2D eigenvalue weighted by molar-refractivity contribution is 0.414. The minimum Gasteiger partial charge on any atom is -0.361 e. The van der Waals surface area contributed by atoms with Crippen LogP contribution in [0.1, 0.15) is 5.56 Å². The first kappa shape index (κ1) is 12.5. The number of alkyl halides is 1. The second-order valence-electron chi connectivity index (χ2n) is 4.33. The Hall–Kier alpha value is -1.00. The van der Waals surface area contributed by atoms with Crippen molar-refractivity contribution in [1.82, 2.24) is 9.88 Å². The molecule has 4 heteroatoms. The summed E-state index contributed by atoms with van der Waals surface area (Å²) >= 11 is 1.24. The SMILES string of the molecule is CN(C)CCc1c[nH]c2ccc(SCF)cc12. The summed E-state index contributed by atoms with van der Waals surface area (Å²) in [4.78, 5) is 6.42. The van der Waals surface area contributed by atoms with Crippen molar-refractivity contribution in [2.45, 2.75) is 11.3 Å². The van der Waals surface area contributed by atoms with Gasteiger partial charge in [-0.3, -0.25) is 0 Å². The molecule has 0 saturated heterocycles. The number of aromatic nitrogens is 1. The molecule has 0 aliphatic heterocycles. The normalized spacial score (nSPS) is 11.5. The number of fused-ring (bicyclic) bond motifs is 1. The van der Waals surface area contributed by atoms with Crippen molar-refractivity contribution in [3.63, 3.8) is 0 Å². The molecule has 2 nitrogen and oxygen atoms in total. The van der Waals surface area contributed by atoms with Crippen molar-refractivity contribution < 1.29 is 4.39 Å². The summed E-state index contributed by atoms with van der Waals surface area (Å²) < 4.78 is 12.3. The van der Waals surface area contributed by atoms with Gasteiger partial charge in [0.1, 0.15) is 6.01 Å². The van der Waals surface area contributed by atoms with Gasteiger partial charge < -0.3 is 9.88 Å². The maximum atomic E-state index is 12.3. The highest BCUT2D eigenvalue weighted by atomic mass is 32.2. The van der Waals surface area contributed by atoms with Gasteiger partial charge in [0.2, 0.25) is 0 Å². The smallest absolute Gasteiger partial charge is 0.139 e. The lowest BCUT2D eigenvalue weighted by atomic mass is 10.1. The molecule has 1 heterocycles. The summed E-state index contributed by atoms with van der Waals surface area (Å²) in [5, 5.41) is 1.21. The molecule has 0 aliphatic rings. The van der Waals surface area contributed by atoms with Gasteiger partial charge in [-0.2, -0.15) is 0 Å². The van der Waals surface area contributed by atoms with Crippen LogP contribution in [-0.2, 0) is 6.42 Å². The molecule has 0 unspecified atom stereocenters. The van der Waals surface area contributed by atoms with Crippen LogP contribution in [0.2, 0.25) is 0 Å². The van der Waals surface area contributed by atoms with Crippen molar-refractivity contribution in [1.29, 1.82) is 0 Å². The molecule has 0 bridgehead atoms.